The Balaban J connectivity index is 1.96. The van der Waals surface area contributed by atoms with Crippen LogP contribution in [0.3, 0.4) is 0 Å². The number of piperidine rings is 1. The van der Waals surface area contributed by atoms with Crippen LogP contribution < -0.4 is 9.64 Å². The van der Waals surface area contributed by atoms with Crippen LogP contribution in [0.5, 0.6) is 11.5 Å². The van der Waals surface area contributed by atoms with Gasteiger partial charge in [0.2, 0.25) is 0 Å². The largest absolute Gasteiger partial charge is 0.508 e. The van der Waals surface area contributed by atoms with E-state index in [-0.39, 0.29) is 11.5 Å². The molecule has 0 aliphatic carbocycles. The molecular weight excluding hydrogens is 291 g/mol. The van der Waals surface area contributed by atoms with E-state index in [9.17, 15) is 9.50 Å². The summed E-state index contributed by atoms with van der Waals surface area (Å²) in [6.07, 6.45) is 3.62. The molecule has 2 aromatic rings. The normalized spacial score (nSPS) is 15.2. The Kier molecular flexibility index (Phi) is 3.96. The molecule has 1 aromatic heterocycles. The molecule has 1 N–H and O–H groups in total. The number of anilines is 1. The Labute approximate surface area is 126 Å². The van der Waals surface area contributed by atoms with Crippen LogP contribution >= 0.6 is 11.3 Å². The van der Waals surface area contributed by atoms with E-state index in [4.69, 9.17) is 4.74 Å². The van der Waals surface area contributed by atoms with Crippen LogP contribution in [0.25, 0.3) is 11.3 Å². The van der Waals surface area contributed by atoms with Gasteiger partial charge in [0.25, 0.3) is 0 Å². The summed E-state index contributed by atoms with van der Waals surface area (Å²) in [5.74, 6) is -0.598. The average Bonchev–Trinajstić information content (AvgIpc) is 2.97. The number of methoxy groups -OCH3 is 1. The van der Waals surface area contributed by atoms with Gasteiger partial charge in [0.05, 0.1) is 12.8 Å². The number of benzene rings is 1. The molecule has 3 rings (SSSR count). The zero-order valence-electron chi connectivity index (χ0n) is 11.8. The van der Waals surface area contributed by atoms with Crippen molar-refractivity contribution < 1.29 is 14.2 Å². The third-order valence-electron chi connectivity index (χ3n) is 3.63. The minimum Gasteiger partial charge on any atom is -0.508 e. The molecule has 112 valence electrons. The van der Waals surface area contributed by atoms with Gasteiger partial charge in [0.1, 0.15) is 5.75 Å². The lowest BCUT2D eigenvalue weighted by atomic mass is 10.1. The highest BCUT2D eigenvalue weighted by Gasteiger charge is 2.19. The van der Waals surface area contributed by atoms with Gasteiger partial charge in [-0.15, -0.1) is 11.3 Å². The zero-order chi connectivity index (χ0) is 14.8. The number of phenols is 1. The van der Waals surface area contributed by atoms with Crippen LogP contribution in [-0.4, -0.2) is 30.3 Å². The monoisotopic (exact) mass is 308 g/mol. The Bertz CT molecular complexity index is 639. The maximum Gasteiger partial charge on any atom is 0.185 e. The number of hydrogen-bond donors (Lipinski definition) is 1. The fourth-order valence-corrected chi connectivity index (χ4v) is 3.47. The number of ether oxygens (including phenoxy) is 1. The number of hydrogen-bond acceptors (Lipinski definition) is 5. The van der Waals surface area contributed by atoms with Crippen LogP contribution in [0.2, 0.25) is 0 Å². The van der Waals surface area contributed by atoms with Gasteiger partial charge in [-0.05, 0) is 25.3 Å². The van der Waals surface area contributed by atoms with Crippen molar-refractivity contribution in [2.75, 3.05) is 25.1 Å². The summed E-state index contributed by atoms with van der Waals surface area (Å²) in [4.78, 5) is 6.83. The third-order valence-corrected chi connectivity index (χ3v) is 4.53. The van der Waals surface area contributed by atoms with E-state index in [1.807, 2.05) is 5.38 Å². The summed E-state index contributed by atoms with van der Waals surface area (Å²) in [7, 11) is 1.41. The molecule has 0 atom stereocenters. The molecule has 6 heteroatoms. The molecule has 0 bridgehead atoms. The number of phenolic OH excluding ortho intramolecular Hbond substituents is 1. The lowest BCUT2D eigenvalue weighted by Gasteiger charge is -2.25. The molecule has 0 radical (unpaired) electrons. The van der Waals surface area contributed by atoms with Gasteiger partial charge >= 0.3 is 0 Å². The number of nitrogens with zero attached hydrogens (tertiary/aromatic N) is 2. The van der Waals surface area contributed by atoms with Crippen molar-refractivity contribution in [2.45, 2.75) is 19.3 Å². The van der Waals surface area contributed by atoms with Crippen molar-refractivity contribution in [3.8, 4) is 22.8 Å². The summed E-state index contributed by atoms with van der Waals surface area (Å²) in [6, 6.07) is 2.52. The molecule has 1 fully saturated rings. The number of thiazole rings is 1. The highest BCUT2D eigenvalue weighted by molar-refractivity contribution is 7.14. The molecule has 0 saturated carbocycles. The quantitative estimate of drug-likeness (QED) is 0.940. The lowest BCUT2D eigenvalue weighted by molar-refractivity contribution is 0.384. The van der Waals surface area contributed by atoms with Gasteiger partial charge in [-0.1, -0.05) is 0 Å². The zero-order valence-corrected chi connectivity index (χ0v) is 12.6. The Morgan fingerprint density at radius 1 is 1.29 bits per heavy atom. The number of aromatic hydroxyl groups is 1. The second-order valence-electron chi connectivity index (χ2n) is 5.07. The van der Waals surface area contributed by atoms with Crippen LogP contribution in [-0.2, 0) is 0 Å². The summed E-state index contributed by atoms with van der Waals surface area (Å²) in [5, 5.41) is 12.4. The van der Waals surface area contributed by atoms with Crippen LogP contribution in [0.1, 0.15) is 19.3 Å². The fourth-order valence-electron chi connectivity index (χ4n) is 2.60. The summed E-state index contributed by atoms with van der Waals surface area (Å²) >= 11 is 1.54. The summed E-state index contributed by atoms with van der Waals surface area (Å²) in [6.45, 7) is 2.02. The van der Waals surface area contributed by atoms with E-state index in [1.54, 1.807) is 0 Å². The maximum absolute atomic E-state index is 13.8. The molecule has 0 amide bonds. The first-order chi connectivity index (χ1) is 10.2. The highest BCUT2D eigenvalue weighted by atomic mass is 32.1. The Morgan fingerprint density at radius 2 is 2.05 bits per heavy atom. The first kappa shape index (κ1) is 14.1. The smallest absolute Gasteiger partial charge is 0.185 e. The Morgan fingerprint density at radius 3 is 2.76 bits per heavy atom. The molecule has 1 aromatic carbocycles. The molecule has 1 aliphatic rings. The molecule has 21 heavy (non-hydrogen) atoms. The van der Waals surface area contributed by atoms with Gasteiger partial charge in [-0.2, -0.15) is 0 Å². The second kappa shape index (κ2) is 5.89. The Hall–Kier alpha value is -1.82. The van der Waals surface area contributed by atoms with Gasteiger partial charge < -0.3 is 14.7 Å². The average molecular weight is 308 g/mol. The third kappa shape index (κ3) is 2.81. The maximum atomic E-state index is 13.8. The SMILES string of the molecule is COc1c(F)cc(O)cc1-c1csc(N2CCCCC2)n1. The van der Waals surface area contributed by atoms with E-state index in [2.05, 4.69) is 9.88 Å². The molecule has 1 aliphatic heterocycles. The summed E-state index contributed by atoms with van der Waals surface area (Å²) < 4.78 is 18.9. The van der Waals surface area contributed by atoms with E-state index in [1.165, 1.54) is 43.8 Å². The molecular formula is C15H17FN2O2S. The van der Waals surface area contributed by atoms with E-state index in [0.717, 1.165) is 24.3 Å². The van der Waals surface area contributed by atoms with Crippen molar-refractivity contribution in [3.05, 3.63) is 23.3 Å². The lowest BCUT2D eigenvalue weighted by Crippen LogP contribution is -2.29. The highest BCUT2D eigenvalue weighted by Crippen LogP contribution is 2.37. The van der Waals surface area contributed by atoms with Crippen molar-refractivity contribution in [2.24, 2.45) is 0 Å². The van der Waals surface area contributed by atoms with Crippen LogP contribution in [0.4, 0.5) is 9.52 Å². The number of rotatable bonds is 3. The fraction of sp³-hybridized carbons (Fsp3) is 0.400. The van der Waals surface area contributed by atoms with Crippen molar-refractivity contribution in [1.29, 1.82) is 0 Å². The van der Waals surface area contributed by atoms with E-state index >= 15 is 0 Å². The first-order valence-electron chi connectivity index (χ1n) is 6.96. The molecule has 0 spiro atoms. The minimum absolute atomic E-state index is 0.114. The van der Waals surface area contributed by atoms with Crippen LogP contribution in [0, 0.1) is 5.82 Å². The van der Waals surface area contributed by atoms with Gasteiger partial charge in [-0.3, -0.25) is 0 Å². The molecule has 4 nitrogen and oxygen atoms in total. The predicted octanol–water partition coefficient (Wildman–Crippen LogP) is 3.65. The predicted molar refractivity (Wildman–Crippen MR) is 81.8 cm³/mol. The van der Waals surface area contributed by atoms with Crippen LogP contribution in [0.15, 0.2) is 17.5 Å². The van der Waals surface area contributed by atoms with E-state index < -0.39 is 5.82 Å². The molecule has 1 saturated heterocycles. The van der Waals surface area contributed by atoms with Gasteiger partial charge in [0, 0.05) is 30.1 Å². The molecule has 0 unspecified atom stereocenters. The van der Waals surface area contributed by atoms with Crippen molar-refractivity contribution in [3.63, 3.8) is 0 Å². The number of aromatic nitrogens is 1. The van der Waals surface area contributed by atoms with Crippen molar-refractivity contribution in [1.82, 2.24) is 4.98 Å². The second-order valence-corrected chi connectivity index (χ2v) is 5.91. The molecule has 2 heterocycles. The topological polar surface area (TPSA) is 45.6 Å². The first-order valence-corrected chi connectivity index (χ1v) is 7.84. The minimum atomic E-state index is -0.583. The standard InChI is InChI=1S/C15H17FN2O2S/c1-20-14-11(7-10(19)8-12(14)16)13-9-21-15(17-13)18-5-3-2-4-6-18/h7-9,19H,2-6H2,1H3. The summed E-state index contributed by atoms with van der Waals surface area (Å²) in [5.41, 5.74) is 1.11. The van der Waals surface area contributed by atoms with Crippen molar-refractivity contribution >= 4 is 16.5 Å². The van der Waals surface area contributed by atoms with E-state index in [0.29, 0.717) is 11.3 Å². The number of halogens is 1. The van der Waals surface area contributed by atoms with Gasteiger partial charge in [0.15, 0.2) is 16.7 Å². The van der Waals surface area contributed by atoms with Gasteiger partial charge in [-0.25, -0.2) is 9.37 Å².